The van der Waals surface area contributed by atoms with Crippen LogP contribution in [0.2, 0.25) is 0 Å². The van der Waals surface area contributed by atoms with Crippen LogP contribution in [0.3, 0.4) is 0 Å². The van der Waals surface area contributed by atoms with Crippen molar-refractivity contribution in [2.24, 2.45) is 0 Å². The van der Waals surface area contributed by atoms with Gasteiger partial charge in [0.25, 0.3) is 0 Å². The summed E-state index contributed by atoms with van der Waals surface area (Å²) in [5.41, 5.74) is 1.61. The van der Waals surface area contributed by atoms with Gasteiger partial charge in [-0.3, -0.25) is 15.0 Å². The fourth-order valence-corrected chi connectivity index (χ4v) is 3.58. The molecule has 0 unspecified atom stereocenters. The van der Waals surface area contributed by atoms with Gasteiger partial charge in [-0.15, -0.1) is 10.2 Å². The largest absolute Gasteiger partial charge is 0.372 e. The molecule has 110 valence electrons. The SMILES string of the molecule is C[C@@H](C(=O)Nc1nncs1)N1CCOC2(CCCC2)C1. The van der Waals surface area contributed by atoms with E-state index in [-0.39, 0.29) is 17.6 Å². The van der Waals surface area contributed by atoms with Crippen LogP contribution >= 0.6 is 11.3 Å². The Labute approximate surface area is 122 Å². The van der Waals surface area contributed by atoms with Gasteiger partial charge < -0.3 is 4.74 Å². The highest BCUT2D eigenvalue weighted by molar-refractivity contribution is 7.13. The molecular weight excluding hydrogens is 276 g/mol. The fourth-order valence-electron chi connectivity index (χ4n) is 3.13. The number of amides is 1. The van der Waals surface area contributed by atoms with Crippen molar-refractivity contribution in [2.75, 3.05) is 25.0 Å². The standard InChI is InChI=1S/C13H20N4O2S/c1-10(11(18)15-12-16-14-9-20-12)17-6-7-19-13(8-17)4-2-3-5-13/h9-10H,2-8H2,1H3,(H,15,16,18)/t10-/m0/s1. The Hall–Kier alpha value is -1.05. The van der Waals surface area contributed by atoms with E-state index >= 15 is 0 Å². The summed E-state index contributed by atoms with van der Waals surface area (Å²) in [6.45, 7) is 4.34. The van der Waals surface area contributed by atoms with Gasteiger partial charge in [0.15, 0.2) is 0 Å². The molecule has 3 rings (SSSR count). The molecule has 1 amide bonds. The number of morpholine rings is 1. The smallest absolute Gasteiger partial charge is 0.243 e. The molecule has 1 saturated heterocycles. The van der Waals surface area contributed by atoms with Gasteiger partial charge in [-0.1, -0.05) is 24.2 Å². The summed E-state index contributed by atoms with van der Waals surface area (Å²) in [4.78, 5) is 14.5. The van der Waals surface area contributed by atoms with Crippen LogP contribution in [0, 0.1) is 0 Å². The van der Waals surface area contributed by atoms with E-state index in [0.717, 1.165) is 32.5 Å². The van der Waals surface area contributed by atoms with Crippen molar-refractivity contribution < 1.29 is 9.53 Å². The molecule has 2 fully saturated rings. The lowest BCUT2D eigenvalue weighted by Crippen LogP contribution is -2.55. The average Bonchev–Trinajstić information content (AvgIpc) is 3.10. The number of nitrogens with zero attached hydrogens (tertiary/aromatic N) is 3. The zero-order valence-corrected chi connectivity index (χ0v) is 12.5. The van der Waals surface area contributed by atoms with Crippen molar-refractivity contribution in [2.45, 2.75) is 44.2 Å². The first-order valence-electron chi connectivity index (χ1n) is 7.14. The molecule has 1 aromatic rings. The monoisotopic (exact) mass is 296 g/mol. The van der Waals surface area contributed by atoms with Crippen molar-refractivity contribution in [3.05, 3.63) is 5.51 Å². The first-order valence-corrected chi connectivity index (χ1v) is 8.02. The van der Waals surface area contributed by atoms with Crippen molar-refractivity contribution in [1.29, 1.82) is 0 Å². The van der Waals surface area contributed by atoms with E-state index < -0.39 is 0 Å². The third kappa shape index (κ3) is 2.84. The van der Waals surface area contributed by atoms with Crippen LogP contribution < -0.4 is 5.32 Å². The molecule has 0 radical (unpaired) electrons. The van der Waals surface area contributed by atoms with Gasteiger partial charge in [0, 0.05) is 13.1 Å². The quantitative estimate of drug-likeness (QED) is 0.916. The summed E-state index contributed by atoms with van der Waals surface area (Å²) >= 11 is 1.34. The number of carbonyl (C=O) groups is 1. The van der Waals surface area contributed by atoms with Crippen LogP contribution in [0.1, 0.15) is 32.6 Å². The highest BCUT2D eigenvalue weighted by Crippen LogP contribution is 2.36. The lowest BCUT2D eigenvalue weighted by molar-refractivity contribution is -0.133. The van der Waals surface area contributed by atoms with Crippen LogP contribution in [0.5, 0.6) is 0 Å². The number of anilines is 1. The van der Waals surface area contributed by atoms with Gasteiger partial charge in [-0.05, 0) is 19.8 Å². The van der Waals surface area contributed by atoms with Crippen molar-refractivity contribution in [1.82, 2.24) is 15.1 Å². The maximum Gasteiger partial charge on any atom is 0.243 e. The average molecular weight is 296 g/mol. The predicted molar refractivity (Wildman–Crippen MR) is 76.7 cm³/mol. The molecule has 2 aliphatic rings. The van der Waals surface area contributed by atoms with E-state index in [2.05, 4.69) is 20.4 Å². The topological polar surface area (TPSA) is 67.4 Å². The Kier molecular flexibility index (Phi) is 4.00. The fraction of sp³-hybridized carbons (Fsp3) is 0.769. The van der Waals surface area contributed by atoms with E-state index in [4.69, 9.17) is 4.74 Å². The zero-order valence-electron chi connectivity index (χ0n) is 11.7. The lowest BCUT2D eigenvalue weighted by Gasteiger charge is -2.42. The first kappa shape index (κ1) is 13.9. The van der Waals surface area contributed by atoms with E-state index in [1.165, 1.54) is 24.2 Å². The highest BCUT2D eigenvalue weighted by atomic mass is 32.1. The molecule has 6 nitrogen and oxygen atoms in total. The number of hydrogen-bond donors (Lipinski definition) is 1. The summed E-state index contributed by atoms with van der Waals surface area (Å²) in [5.74, 6) is -0.0169. The second-order valence-corrected chi connectivity index (χ2v) is 6.45. The number of nitrogens with one attached hydrogen (secondary N) is 1. The van der Waals surface area contributed by atoms with Crippen LogP contribution in [-0.2, 0) is 9.53 Å². The third-order valence-corrected chi connectivity index (χ3v) is 4.92. The number of rotatable bonds is 3. The van der Waals surface area contributed by atoms with Gasteiger partial charge >= 0.3 is 0 Å². The molecular formula is C13H20N4O2S. The lowest BCUT2D eigenvalue weighted by atomic mass is 9.98. The Morgan fingerprint density at radius 2 is 2.35 bits per heavy atom. The molecule has 1 aromatic heterocycles. The molecule has 1 N–H and O–H groups in total. The molecule has 1 aliphatic carbocycles. The minimum atomic E-state index is -0.166. The maximum atomic E-state index is 12.3. The molecule has 1 aliphatic heterocycles. The normalized spacial score (nSPS) is 23.9. The van der Waals surface area contributed by atoms with Crippen molar-refractivity contribution in [3.8, 4) is 0 Å². The van der Waals surface area contributed by atoms with Gasteiger partial charge in [0.05, 0.1) is 18.2 Å². The molecule has 0 aromatic carbocycles. The van der Waals surface area contributed by atoms with E-state index in [9.17, 15) is 4.79 Å². The van der Waals surface area contributed by atoms with Gasteiger partial charge in [0.2, 0.25) is 11.0 Å². The van der Waals surface area contributed by atoms with Crippen molar-refractivity contribution in [3.63, 3.8) is 0 Å². The first-order chi connectivity index (χ1) is 9.69. The van der Waals surface area contributed by atoms with E-state index in [1.807, 2.05) is 6.92 Å². The van der Waals surface area contributed by atoms with Gasteiger partial charge in [-0.2, -0.15) is 0 Å². The van der Waals surface area contributed by atoms with Gasteiger partial charge in [-0.25, -0.2) is 0 Å². The van der Waals surface area contributed by atoms with Gasteiger partial charge in [0.1, 0.15) is 5.51 Å². The van der Waals surface area contributed by atoms with E-state index in [0.29, 0.717) is 5.13 Å². The Balaban J connectivity index is 1.61. The van der Waals surface area contributed by atoms with Crippen LogP contribution in [0.4, 0.5) is 5.13 Å². The number of carbonyl (C=O) groups excluding carboxylic acids is 1. The summed E-state index contributed by atoms with van der Waals surface area (Å²) in [7, 11) is 0. The Morgan fingerprint density at radius 3 is 3.05 bits per heavy atom. The van der Waals surface area contributed by atoms with E-state index in [1.54, 1.807) is 5.51 Å². The Morgan fingerprint density at radius 1 is 1.55 bits per heavy atom. The third-order valence-electron chi connectivity index (χ3n) is 4.31. The minimum absolute atomic E-state index is 0.00444. The zero-order chi connectivity index (χ0) is 14.0. The summed E-state index contributed by atoms with van der Waals surface area (Å²) in [6.07, 6.45) is 4.71. The highest BCUT2D eigenvalue weighted by Gasteiger charge is 2.41. The maximum absolute atomic E-state index is 12.3. The van der Waals surface area contributed by atoms with Crippen molar-refractivity contribution >= 4 is 22.4 Å². The molecule has 1 spiro atoms. The molecule has 7 heteroatoms. The summed E-state index contributed by atoms with van der Waals surface area (Å²) in [5, 5.41) is 11.0. The molecule has 0 bridgehead atoms. The second kappa shape index (κ2) is 5.75. The Bertz CT molecular complexity index is 459. The minimum Gasteiger partial charge on any atom is -0.372 e. The molecule has 1 atom stereocenters. The predicted octanol–water partition coefficient (Wildman–Crippen LogP) is 1.51. The molecule has 2 heterocycles. The summed E-state index contributed by atoms with van der Waals surface area (Å²) in [6, 6.07) is -0.166. The van der Waals surface area contributed by atoms with Crippen LogP contribution in [-0.4, -0.2) is 52.3 Å². The second-order valence-electron chi connectivity index (χ2n) is 5.62. The molecule has 1 saturated carbocycles. The molecule has 20 heavy (non-hydrogen) atoms. The summed E-state index contributed by atoms with van der Waals surface area (Å²) < 4.78 is 6.00. The number of ether oxygens (including phenoxy) is 1. The van der Waals surface area contributed by atoms with Crippen LogP contribution in [0.15, 0.2) is 5.51 Å². The number of hydrogen-bond acceptors (Lipinski definition) is 6. The van der Waals surface area contributed by atoms with Crippen LogP contribution in [0.25, 0.3) is 0 Å². The number of aromatic nitrogens is 2.